The number of aliphatic hydroxyl groups excluding tert-OH is 1. The second kappa shape index (κ2) is 4.94. The van der Waals surface area contributed by atoms with E-state index < -0.39 is 0 Å². The molecule has 14 heavy (non-hydrogen) atoms. The van der Waals surface area contributed by atoms with Gasteiger partial charge in [0.25, 0.3) is 0 Å². The number of aliphatic hydroxyl groups is 1. The molecular weight excluding hydrogens is 174 g/mol. The molecule has 1 fully saturated rings. The van der Waals surface area contributed by atoms with Crippen LogP contribution in [-0.4, -0.2) is 23.8 Å². The third-order valence-electron chi connectivity index (χ3n) is 3.50. The van der Waals surface area contributed by atoms with Crippen molar-refractivity contribution < 1.29 is 5.11 Å². The van der Waals surface area contributed by atoms with Gasteiger partial charge in [0.05, 0.1) is 6.10 Å². The Balaban J connectivity index is 1.68. The Kier molecular flexibility index (Phi) is 3.60. The van der Waals surface area contributed by atoms with Crippen LogP contribution in [-0.2, 0) is 0 Å². The van der Waals surface area contributed by atoms with E-state index in [0.717, 1.165) is 25.3 Å². The van der Waals surface area contributed by atoms with Crippen LogP contribution in [0, 0.1) is 5.92 Å². The summed E-state index contributed by atoms with van der Waals surface area (Å²) in [4.78, 5) is 0. The highest BCUT2D eigenvalue weighted by molar-refractivity contribution is 4.95. The third kappa shape index (κ3) is 2.58. The second-order valence-electron chi connectivity index (χ2n) is 4.68. The summed E-state index contributed by atoms with van der Waals surface area (Å²) in [6.07, 6.45) is 11.5. The van der Waals surface area contributed by atoms with Crippen molar-refractivity contribution in [2.75, 3.05) is 6.54 Å². The van der Waals surface area contributed by atoms with Crippen molar-refractivity contribution in [2.24, 2.45) is 5.92 Å². The number of nitrogens with one attached hydrogen (secondary N) is 1. The summed E-state index contributed by atoms with van der Waals surface area (Å²) in [5.74, 6) is 0.782. The van der Waals surface area contributed by atoms with Gasteiger partial charge in [0.1, 0.15) is 0 Å². The van der Waals surface area contributed by atoms with Crippen molar-refractivity contribution >= 4 is 0 Å². The Labute approximate surface area is 86.4 Å². The zero-order valence-electron chi connectivity index (χ0n) is 8.78. The van der Waals surface area contributed by atoms with Crippen LogP contribution >= 0.6 is 0 Å². The van der Waals surface area contributed by atoms with Gasteiger partial charge in [-0.05, 0) is 38.1 Å². The molecule has 2 aliphatic rings. The van der Waals surface area contributed by atoms with E-state index in [1.807, 2.05) is 0 Å². The largest absolute Gasteiger partial charge is 0.392 e. The van der Waals surface area contributed by atoms with E-state index in [1.165, 1.54) is 25.7 Å². The summed E-state index contributed by atoms with van der Waals surface area (Å²) in [6.45, 7) is 1.08. The Morgan fingerprint density at radius 2 is 1.86 bits per heavy atom. The number of hydrogen-bond donors (Lipinski definition) is 2. The smallest absolute Gasteiger partial charge is 0.0693 e. The molecule has 0 amide bonds. The average molecular weight is 195 g/mol. The fraction of sp³-hybridized carbons (Fsp3) is 0.833. The summed E-state index contributed by atoms with van der Waals surface area (Å²) >= 11 is 0. The Bertz CT molecular complexity index is 194. The minimum Gasteiger partial charge on any atom is -0.392 e. The predicted octanol–water partition coefficient (Wildman–Crippen LogP) is 1.85. The van der Waals surface area contributed by atoms with Crippen molar-refractivity contribution in [3.63, 3.8) is 0 Å². The van der Waals surface area contributed by atoms with Crippen LogP contribution in [0.3, 0.4) is 0 Å². The summed E-state index contributed by atoms with van der Waals surface area (Å²) in [7, 11) is 0. The lowest BCUT2D eigenvalue weighted by Crippen LogP contribution is -2.43. The van der Waals surface area contributed by atoms with E-state index >= 15 is 0 Å². The van der Waals surface area contributed by atoms with E-state index in [2.05, 4.69) is 17.5 Å². The minimum absolute atomic E-state index is 0.0990. The van der Waals surface area contributed by atoms with Crippen molar-refractivity contribution in [1.82, 2.24) is 5.32 Å². The number of allylic oxidation sites excluding steroid dienone is 2. The van der Waals surface area contributed by atoms with Crippen molar-refractivity contribution in [3.8, 4) is 0 Å². The van der Waals surface area contributed by atoms with Gasteiger partial charge in [-0.15, -0.1) is 0 Å². The van der Waals surface area contributed by atoms with Gasteiger partial charge in [-0.25, -0.2) is 0 Å². The lowest BCUT2D eigenvalue weighted by Gasteiger charge is -2.29. The zero-order valence-corrected chi connectivity index (χ0v) is 8.78. The van der Waals surface area contributed by atoms with Crippen LogP contribution in [0.4, 0.5) is 0 Å². The molecule has 2 nitrogen and oxygen atoms in total. The first-order chi connectivity index (χ1) is 6.86. The molecule has 2 atom stereocenters. The summed E-state index contributed by atoms with van der Waals surface area (Å²) in [5, 5.41) is 13.3. The molecule has 0 aliphatic heterocycles. The van der Waals surface area contributed by atoms with Crippen LogP contribution in [0.25, 0.3) is 0 Å². The van der Waals surface area contributed by atoms with Crippen molar-refractivity contribution in [3.05, 3.63) is 12.2 Å². The van der Waals surface area contributed by atoms with Crippen molar-refractivity contribution in [2.45, 2.75) is 50.7 Å². The maximum absolute atomic E-state index is 9.76. The molecule has 0 radical (unpaired) electrons. The van der Waals surface area contributed by atoms with Gasteiger partial charge in [0.2, 0.25) is 0 Å². The lowest BCUT2D eigenvalue weighted by atomic mass is 9.92. The molecule has 2 heteroatoms. The summed E-state index contributed by atoms with van der Waals surface area (Å²) in [5.41, 5.74) is 0. The first-order valence-corrected chi connectivity index (χ1v) is 5.92. The first-order valence-electron chi connectivity index (χ1n) is 5.92. The predicted molar refractivity (Wildman–Crippen MR) is 58.1 cm³/mol. The molecule has 0 aromatic heterocycles. The van der Waals surface area contributed by atoms with Crippen LogP contribution < -0.4 is 5.32 Å². The highest BCUT2D eigenvalue weighted by Crippen LogP contribution is 2.20. The van der Waals surface area contributed by atoms with Crippen LogP contribution in [0.5, 0.6) is 0 Å². The minimum atomic E-state index is -0.0990. The van der Waals surface area contributed by atoms with Crippen molar-refractivity contribution in [1.29, 1.82) is 0 Å². The van der Waals surface area contributed by atoms with Gasteiger partial charge in [-0.1, -0.05) is 25.0 Å². The molecule has 2 N–H and O–H groups in total. The highest BCUT2D eigenvalue weighted by Gasteiger charge is 2.23. The molecule has 2 rings (SSSR count). The van der Waals surface area contributed by atoms with E-state index in [1.54, 1.807) is 0 Å². The van der Waals surface area contributed by atoms with Gasteiger partial charge in [-0.2, -0.15) is 0 Å². The van der Waals surface area contributed by atoms with Gasteiger partial charge in [0, 0.05) is 6.04 Å². The second-order valence-corrected chi connectivity index (χ2v) is 4.68. The fourth-order valence-electron chi connectivity index (χ4n) is 2.51. The molecule has 0 saturated heterocycles. The monoisotopic (exact) mass is 195 g/mol. The van der Waals surface area contributed by atoms with E-state index in [-0.39, 0.29) is 6.10 Å². The van der Waals surface area contributed by atoms with Gasteiger partial charge in [-0.3, -0.25) is 0 Å². The highest BCUT2D eigenvalue weighted by atomic mass is 16.3. The first kappa shape index (κ1) is 10.2. The molecule has 80 valence electrons. The zero-order chi connectivity index (χ0) is 9.80. The Morgan fingerprint density at radius 3 is 2.57 bits per heavy atom. The molecule has 1 saturated carbocycles. The third-order valence-corrected chi connectivity index (χ3v) is 3.50. The summed E-state index contributed by atoms with van der Waals surface area (Å²) in [6, 6.07) is 0.365. The number of hydrogen-bond acceptors (Lipinski definition) is 2. The van der Waals surface area contributed by atoms with E-state index in [0.29, 0.717) is 6.04 Å². The Hall–Kier alpha value is -0.340. The maximum Gasteiger partial charge on any atom is 0.0693 e. The number of rotatable bonds is 3. The van der Waals surface area contributed by atoms with Gasteiger partial charge in [0.15, 0.2) is 0 Å². The SMILES string of the molecule is OC1CCCCC1NCC1CC=CC1. The van der Waals surface area contributed by atoms with E-state index in [4.69, 9.17) is 0 Å². The molecular formula is C12H21NO. The van der Waals surface area contributed by atoms with Crippen LogP contribution in [0.2, 0.25) is 0 Å². The molecule has 2 unspecified atom stereocenters. The normalized spacial score (nSPS) is 33.8. The fourth-order valence-corrected chi connectivity index (χ4v) is 2.51. The lowest BCUT2D eigenvalue weighted by molar-refractivity contribution is 0.0891. The molecule has 0 aromatic rings. The van der Waals surface area contributed by atoms with Crippen LogP contribution in [0.1, 0.15) is 38.5 Å². The van der Waals surface area contributed by atoms with Gasteiger partial charge >= 0.3 is 0 Å². The molecule has 2 aliphatic carbocycles. The van der Waals surface area contributed by atoms with Crippen LogP contribution in [0.15, 0.2) is 12.2 Å². The Morgan fingerprint density at radius 1 is 1.14 bits per heavy atom. The maximum atomic E-state index is 9.76. The molecule has 0 spiro atoms. The molecule has 0 aromatic carbocycles. The van der Waals surface area contributed by atoms with E-state index in [9.17, 15) is 5.11 Å². The quantitative estimate of drug-likeness (QED) is 0.674. The molecule has 0 heterocycles. The summed E-state index contributed by atoms with van der Waals surface area (Å²) < 4.78 is 0. The molecule has 0 bridgehead atoms. The topological polar surface area (TPSA) is 32.3 Å². The average Bonchev–Trinajstić information content (AvgIpc) is 2.69. The van der Waals surface area contributed by atoms with Gasteiger partial charge < -0.3 is 10.4 Å². The standard InChI is InChI=1S/C12H21NO/c14-12-8-4-3-7-11(12)13-9-10-5-1-2-6-10/h1-2,10-14H,3-9H2.